The highest BCUT2D eigenvalue weighted by molar-refractivity contribution is 7.90. The van der Waals surface area contributed by atoms with Gasteiger partial charge in [0.2, 0.25) is 20.1 Å². The summed E-state index contributed by atoms with van der Waals surface area (Å²) in [6.07, 6.45) is 4.80. The van der Waals surface area contributed by atoms with Crippen molar-refractivity contribution in [3.05, 3.63) is 22.1 Å². The summed E-state index contributed by atoms with van der Waals surface area (Å²) in [5, 5.41) is 8.20. The number of piperidine rings is 1. The van der Waals surface area contributed by atoms with Gasteiger partial charge in [-0.1, -0.05) is 24.7 Å². The molecular formula is C16H23N5O3S2. The Balaban J connectivity index is 1.43. The quantitative estimate of drug-likeness (QED) is 0.793. The molecule has 1 N–H and O–H groups in total. The first kappa shape index (κ1) is 17.9. The predicted molar refractivity (Wildman–Crippen MR) is 101 cm³/mol. The lowest BCUT2D eigenvalue weighted by molar-refractivity contribution is 0.329. The Morgan fingerprint density at radius 2 is 2.00 bits per heavy atom. The smallest absolute Gasteiger partial charge is 0.275 e. The number of hydrogen-bond acceptors (Lipinski definition) is 7. The molecule has 2 aromatic rings. The lowest BCUT2D eigenvalue weighted by atomic mass is 10.1. The Hall–Kier alpha value is -1.52. The van der Waals surface area contributed by atoms with Crippen LogP contribution in [0.25, 0.3) is 4.96 Å². The maximum absolute atomic E-state index is 12.3. The molecule has 0 spiro atoms. The van der Waals surface area contributed by atoms with E-state index in [9.17, 15) is 13.2 Å². The van der Waals surface area contributed by atoms with Gasteiger partial charge in [-0.2, -0.15) is 4.52 Å². The topological polar surface area (TPSA) is 96.7 Å². The molecule has 26 heavy (non-hydrogen) atoms. The molecule has 1 saturated carbocycles. The van der Waals surface area contributed by atoms with E-state index in [0.717, 1.165) is 44.2 Å². The molecule has 1 aliphatic heterocycles. The fraction of sp³-hybridized carbons (Fsp3) is 0.688. The van der Waals surface area contributed by atoms with E-state index in [-0.39, 0.29) is 16.9 Å². The van der Waals surface area contributed by atoms with Crippen LogP contribution in [0.1, 0.15) is 44.7 Å². The van der Waals surface area contributed by atoms with Gasteiger partial charge in [-0.25, -0.2) is 17.7 Å². The zero-order valence-corrected chi connectivity index (χ0v) is 16.4. The van der Waals surface area contributed by atoms with Gasteiger partial charge in [0.1, 0.15) is 0 Å². The average Bonchev–Trinajstić information content (AvgIpc) is 3.38. The maximum atomic E-state index is 12.3. The van der Waals surface area contributed by atoms with Crippen molar-refractivity contribution in [3.63, 3.8) is 0 Å². The molecule has 0 unspecified atom stereocenters. The normalized spacial score (nSPS) is 19.9. The summed E-state index contributed by atoms with van der Waals surface area (Å²) in [4.78, 5) is 17.3. The molecule has 1 saturated heterocycles. The minimum absolute atomic E-state index is 0.147. The van der Waals surface area contributed by atoms with Crippen molar-refractivity contribution in [2.24, 2.45) is 0 Å². The highest BCUT2D eigenvalue weighted by Gasteiger charge is 2.41. The van der Waals surface area contributed by atoms with Crippen molar-refractivity contribution in [1.29, 1.82) is 0 Å². The monoisotopic (exact) mass is 397 g/mol. The molecule has 1 aliphatic carbocycles. The molecule has 0 radical (unpaired) electrons. The zero-order chi connectivity index (χ0) is 18.3. The minimum atomic E-state index is -3.08. The lowest BCUT2D eigenvalue weighted by Crippen LogP contribution is -2.43. The van der Waals surface area contributed by atoms with Crippen molar-refractivity contribution < 1.29 is 8.42 Å². The second-order valence-electron chi connectivity index (χ2n) is 7.00. The Bertz CT molecular complexity index is 956. The van der Waals surface area contributed by atoms with Gasteiger partial charge in [-0.05, 0) is 32.1 Å². The van der Waals surface area contributed by atoms with Gasteiger partial charge in [-0.15, -0.1) is 5.10 Å². The van der Waals surface area contributed by atoms with E-state index in [2.05, 4.69) is 22.3 Å². The molecule has 0 atom stereocenters. The summed E-state index contributed by atoms with van der Waals surface area (Å²) in [7, 11) is -3.08. The third kappa shape index (κ3) is 3.49. The minimum Gasteiger partial charge on any atom is -0.357 e. The predicted octanol–water partition coefficient (Wildman–Crippen LogP) is 1.47. The summed E-state index contributed by atoms with van der Waals surface area (Å²) in [6.45, 7) is 3.14. The number of rotatable bonds is 6. The fourth-order valence-electron chi connectivity index (χ4n) is 3.30. The molecule has 10 heteroatoms. The Morgan fingerprint density at radius 3 is 2.65 bits per heavy atom. The van der Waals surface area contributed by atoms with Crippen LogP contribution in [0.4, 0.5) is 5.13 Å². The van der Waals surface area contributed by atoms with Crippen LogP contribution < -0.4 is 10.9 Å². The van der Waals surface area contributed by atoms with Crippen LogP contribution in [0.15, 0.2) is 10.9 Å². The van der Waals surface area contributed by atoms with E-state index in [1.165, 1.54) is 15.9 Å². The highest BCUT2D eigenvalue weighted by atomic mass is 32.2. The molecule has 0 bridgehead atoms. The molecule has 0 aromatic carbocycles. The first-order chi connectivity index (χ1) is 12.5. The number of hydrogen-bond donors (Lipinski definition) is 1. The number of anilines is 1. The van der Waals surface area contributed by atoms with Gasteiger partial charge in [0.15, 0.2) is 0 Å². The second kappa shape index (κ2) is 6.90. The summed E-state index contributed by atoms with van der Waals surface area (Å²) < 4.78 is 27.6. The highest BCUT2D eigenvalue weighted by Crippen LogP contribution is 2.32. The standard InChI is InChI=1S/C16H23N5O3S2/c1-2-3-12-10-14(22)21-16(18-12)25-15(19-21)17-11-6-8-20(9-7-11)26(23,24)13-4-5-13/h10-11,13H,2-9H2,1H3,(H,17,19). The zero-order valence-electron chi connectivity index (χ0n) is 14.7. The van der Waals surface area contributed by atoms with E-state index in [4.69, 9.17) is 0 Å². The molecular weight excluding hydrogens is 374 g/mol. The van der Waals surface area contributed by atoms with Crippen molar-refractivity contribution in [3.8, 4) is 0 Å². The molecule has 8 nitrogen and oxygen atoms in total. The van der Waals surface area contributed by atoms with Crippen LogP contribution in [0, 0.1) is 0 Å². The fourth-order valence-corrected chi connectivity index (χ4v) is 6.08. The number of fused-ring (bicyclic) bond motifs is 1. The average molecular weight is 398 g/mol. The van der Waals surface area contributed by atoms with Gasteiger partial charge in [0.25, 0.3) is 5.56 Å². The van der Waals surface area contributed by atoms with Crippen LogP contribution in [0.2, 0.25) is 0 Å². The van der Waals surface area contributed by atoms with E-state index >= 15 is 0 Å². The van der Waals surface area contributed by atoms with Crippen LogP contribution >= 0.6 is 11.3 Å². The molecule has 2 aromatic heterocycles. The first-order valence-corrected chi connectivity index (χ1v) is 11.4. The van der Waals surface area contributed by atoms with Crippen LogP contribution in [0.3, 0.4) is 0 Å². The van der Waals surface area contributed by atoms with Gasteiger partial charge >= 0.3 is 0 Å². The van der Waals surface area contributed by atoms with Gasteiger partial charge < -0.3 is 5.32 Å². The summed E-state index contributed by atoms with van der Waals surface area (Å²) in [6, 6.07) is 1.70. The SMILES string of the molecule is CCCc1cc(=O)n2nc(NC3CCN(S(=O)(=O)C4CC4)CC3)sc2n1. The lowest BCUT2D eigenvalue weighted by Gasteiger charge is -2.31. The van der Waals surface area contributed by atoms with E-state index in [0.29, 0.717) is 23.2 Å². The number of nitrogens with zero attached hydrogens (tertiary/aromatic N) is 4. The Labute approximate surface area is 156 Å². The van der Waals surface area contributed by atoms with Gasteiger partial charge in [0, 0.05) is 30.9 Å². The van der Waals surface area contributed by atoms with Crippen molar-refractivity contribution in [2.75, 3.05) is 18.4 Å². The van der Waals surface area contributed by atoms with Crippen molar-refractivity contribution >= 4 is 31.5 Å². The van der Waals surface area contributed by atoms with E-state index in [1.54, 1.807) is 10.4 Å². The van der Waals surface area contributed by atoms with Crippen LogP contribution in [-0.2, 0) is 16.4 Å². The van der Waals surface area contributed by atoms with E-state index < -0.39 is 10.0 Å². The number of sulfonamides is 1. The Kier molecular flexibility index (Phi) is 4.74. The number of nitrogens with one attached hydrogen (secondary N) is 1. The molecule has 2 aliphatic rings. The first-order valence-electron chi connectivity index (χ1n) is 9.12. The third-order valence-corrected chi connectivity index (χ3v) is 8.13. The van der Waals surface area contributed by atoms with Crippen LogP contribution in [-0.4, -0.2) is 51.7 Å². The Morgan fingerprint density at radius 1 is 1.27 bits per heavy atom. The number of aryl methyl sites for hydroxylation is 1. The molecule has 0 amide bonds. The van der Waals surface area contributed by atoms with Crippen molar-refractivity contribution in [2.45, 2.75) is 56.7 Å². The summed E-state index contributed by atoms with van der Waals surface area (Å²) in [5.74, 6) is 0. The molecule has 4 rings (SSSR count). The van der Waals surface area contributed by atoms with Crippen molar-refractivity contribution in [1.82, 2.24) is 18.9 Å². The third-order valence-electron chi connectivity index (χ3n) is 4.89. The van der Waals surface area contributed by atoms with Gasteiger partial charge in [-0.3, -0.25) is 4.79 Å². The maximum Gasteiger partial charge on any atom is 0.275 e. The van der Waals surface area contributed by atoms with E-state index in [1.807, 2.05) is 0 Å². The summed E-state index contributed by atoms with van der Waals surface area (Å²) >= 11 is 1.36. The van der Waals surface area contributed by atoms with Crippen LogP contribution in [0.5, 0.6) is 0 Å². The summed E-state index contributed by atoms with van der Waals surface area (Å²) in [5.41, 5.74) is 0.638. The molecule has 2 fully saturated rings. The second-order valence-corrected chi connectivity index (χ2v) is 10.2. The largest absolute Gasteiger partial charge is 0.357 e. The number of aromatic nitrogens is 3. The molecule has 142 valence electrons. The molecule has 3 heterocycles. The van der Waals surface area contributed by atoms with Gasteiger partial charge in [0.05, 0.1) is 5.25 Å².